The highest BCUT2D eigenvalue weighted by molar-refractivity contribution is 5.92. The highest BCUT2D eigenvalue weighted by Crippen LogP contribution is 2.60. The van der Waals surface area contributed by atoms with Crippen LogP contribution in [0, 0.1) is 16.7 Å². The number of aliphatic hydroxyl groups excluding tert-OH is 3. The van der Waals surface area contributed by atoms with Crippen LogP contribution in [0.2, 0.25) is 0 Å². The van der Waals surface area contributed by atoms with Gasteiger partial charge in [0, 0.05) is 29.9 Å². The standard InChI is InChI=1S/C15H22O5/c1-14(7-16)3-2-4-15(8-17)10-6-20-13(19)9(10)5-11(18)12(14)15/h11-12,16-18H,2-8H2,1H3/t11-,12+,14-,15+/m1/s1. The summed E-state index contributed by atoms with van der Waals surface area (Å²) < 4.78 is 5.13. The molecule has 0 amide bonds. The van der Waals surface area contributed by atoms with Crippen molar-refractivity contribution in [2.24, 2.45) is 16.7 Å². The molecule has 1 heterocycles. The number of hydrogen-bond donors (Lipinski definition) is 3. The van der Waals surface area contributed by atoms with Crippen LogP contribution in [0.15, 0.2) is 11.1 Å². The van der Waals surface area contributed by atoms with E-state index in [0.717, 1.165) is 24.8 Å². The first-order chi connectivity index (χ1) is 9.48. The van der Waals surface area contributed by atoms with Crippen molar-refractivity contribution in [3.8, 4) is 0 Å². The SMILES string of the molecule is C[C@]1(CO)CCC[C@]2(CO)C3=C(C[C@@H](O)[C@@H]12)C(=O)OC3. The van der Waals surface area contributed by atoms with Crippen molar-refractivity contribution in [2.75, 3.05) is 19.8 Å². The van der Waals surface area contributed by atoms with Crippen molar-refractivity contribution < 1.29 is 24.9 Å². The van der Waals surface area contributed by atoms with Crippen molar-refractivity contribution >= 4 is 5.97 Å². The van der Waals surface area contributed by atoms with Gasteiger partial charge in [0.05, 0.1) is 12.7 Å². The molecule has 1 aliphatic heterocycles. The lowest BCUT2D eigenvalue weighted by Gasteiger charge is -2.56. The number of hydrogen-bond acceptors (Lipinski definition) is 5. The molecule has 5 heteroatoms. The first-order valence-corrected chi connectivity index (χ1v) is 7.28. The second kappa shape index (κ2) is 4.55. The molecule has 3 rings (SSSR count). The zero-order chi connectivity index (χ0) is 14.5. The molecule has 0 saturated heterocycles. The minimum atomic E-state index is -0.719. The van der Waals surface area contributed by atoms with E-state index in [1.807, 2.05) is 6.92 Å². The average molecular weight is 282 g/mol. The molecule has 1 saturated carbocycles. The first-order valence-electron chi connectivity index (χ1n) is 7.28. The topological polar surface area (TPSA) is 87.0 Å². The third kappa shape index (κ3) is 1.63. The lowest BCUT2D eigenvalue weighted by atomic mass is 9.48. The number of carbonyl (C=O) groups is 1. The third-order valence-corrected chi connectivity index (χ3v) is 5.72. The monoisotopic (exact) mass is 282 g/mol. The Morgan fingerprint density at radius 2 is 2.05 bits per heavy atom. The summed E-state index contributed by atoms with van der Waals surface area (Å²) in [7, 11) is 0. The molecule has 3 aliphatic rings. The second-order valence-corrected chi connectivity index (χ2v) is 6.76. The van der Waals surface area contributed by atoms with Crippen LogP contribution in [-0.4, -0.2) is 47.2 Å². The van der Waals surface area contributed by atoms with Crippen LogP contribution < -0.4 is 0 Å². The van der Waals surface area contributed by atoms with E-state index >= 15 is 0 Å². The van der Waals surface area contributed by atoms with E-state index in [1.165, 1.54) is 0 Å². The Morgan fingerprint density at radius 3 is 2.70 bits per heavy atom. The highest BCUT2D eigenvalue weighted by atomic mass is 16.5. The summed E-state index contributed by atoms with van der Waals surface area (Å²) in [6.45, 7) is 2.06. The zero-order valence-corrected chi connectivity index (χ0v) is 11.8. The Balaban J connectivity index is 2.14. The van der Waals surface area contributed by atoms with Crippen LogP contribution >= 0.6 is 0 Å². The lowest BCUT2D eigenvalue weighted by molar-refractivity contribution is -0.136. The fourth-order valence-corrected chi connectivity index (χ4v) is 4.82. The van der Waals surface area contributed by atoms with Crippen LogP contribution in [0.5, 0.6) is 0 Å². The van der Waals surface area contributed by atoms with Gasteiger partial charge in [0.15, 0.2) is 0 Å². The van der Waals surface area contributed by atoms with Gasteiger partial charge in [-0.3, -0.25) is 0 Å². The van der Waals surface area contributed by atoms with Crippen LogP contribution in [0.4, 0.5) is 0 Å². The predicted molar refractivity (Wildman–Crippen MR) is 70.7 cm³/mol. The van der Waals surface area contributed by atoms with Gasteiger partial charge in [0.1, 0.15) is 6.61 Å². The van der Waals surface area contributed by atoms with Crippen LogP contribution in [0.1, 0.15) is 32.6 Å². The predicted octanol–water partition coefficient (Wildman–Crippen LogP) is 0.382. The van der Waals surface area contributed by atoms with Gasteiger partial charge < -0.3 is 20.1 Å². The molecule has 0 aromatic heterocycles. The van der Waals surface area contributed by atoms with E-state index in [9.17, 15) is 20.1 Å². The molecular formula is C15H22O5. The second-order valence-electron chi connectivity index (χ2n) is 6.76. The number of aliphatic hydroxyl groups is 3. The number of ether oxygens (including phenoxy) is 1. The van der Waals surface area contributed by atoms with Gasteiger partial charge in [-0.1, -0.05) is 13.3 Å². The maximum atomic E-state index is 11.8. The van der Waals surface area contributed by atoms with Crippen LogP contribution in [0.25, 0.3) is 0 Å². The molecule has 0 aromatic carbocycles. The number of carbonyl (C=O) groups excluding carboxylic acids is 1. The molecule has 0 aromatic rings. The van der Waals surface area contributed by atoms with Gasteiger partial charge in [-0.25, -0.2) is 4.79 Å². The van der Waals surface area contributed by atoms with Crippen LogP contribution in [0.3, 0.4) is 0 Å². The molecule has 0 bridgehead atoms. The van der Waals surface area contributed by atoms with E-state index in [0.29, 0.717) is 5.57 Å². The summed E-state index contributed by atoms with van der Waals surface area (Å²) in [5.74, 6) is -0.589. The zero-order valence-electron chi connectivity index (χ0n) is 11.8. The molecule has 3 N–H and O–H groups in total. The van der Waals surface area contributed by atoms with Gasteiger partial charge in [0.25, 0.3) is 0 Å². The number of esters is 1. The summed E-state index contributed by atoms with van der Waals surface area (Å²) >= 11 is 0. The van der Waals surface area contributed by atoms with Crippen LogP contribution in [-0.2, 0) is 9.53 Å². The van der Waals surface area contributed by atoms with Crippen molar-refractivity contribution in [3.63, 3.8) is 0 Å². The maximum Gasteiger partial charge on any atom is 0.334 e. The smallest absolute Gasteiger partial charge is 0.334 e. The molecule has 2 aliphatic carbocycles. The minimum Gasteiger partial charge on any atom is -0.458 e. The average Bonchev–Trinajstić information content (AvgIpc) is 2.81. The molecule has 4 atom stereocenters. The van der Waals surface area contributed by atoms with E-state index in [-0.39, 0.29) is 38.1 Å². The van der Waals surface area contributed by atoms with E-state index in [1.54, 1.807) is 0 Å². The largest absolute Gasteiger partial charge is 0.458 e. The van der Waals surface area contributed by atoms with Gasteiger partial charge in [-0.2, -0.15) is 0 Å². The summed E-state index contributed by atoms with van der Waals surface area (Å²) in [4.78, 5) is 11.8. The van der Waals surface area contributed by atoms with Crippen molar-refractivity contribution in [3.05, 3.63) is 11.1 Å². The van der Waals surface area contributed by atoms with Crippen molar-refractivity contribution in [2.45, 2.75) is 38.7 Å². The van der Waals surface area contributed by atoms with E-state index < -0.39 is 16.9 Å². The number of fused-ring (bicyclic) bond motifs is 2. The maximum absolute atomic E-state index is 11.8. The fourth-order valence-electron chi connectivity index (χ4n) is 4.82. The molecule has 1 fully saturated rings. The highest BCUT2D eigenvalue weighted by Gasteiger charge is 2.60. The fraction of sp³-hybridized carbons (Fsp3) is 0.800. The molecule has 0 spiro atoms. The molecule has 20 heavy (non-hydrogen) atoms. The Morgan fingerprint density at radius 1 is 1.30 bits per heavy atom. The Labute approximate surface area is 118 Å². The third-order valence-electron chi connectivity index (χ3n) is 5.72. The Bertz CT molecular complexity index is 471. The Hall–Kier alpha value is -0.910. The van der Waals surface area contributed by atoms with Gasteiger partial charge in [0.2, 0.25) is 0 Å². The van der Waals surface area contributed by atoms with E-state index in [4.69, 9.17) is 4.74 Å². The molecular weight excluding hydrogens is 260 g/mol. The lowest BCUT2D eigenvalue weighted by Crippen LogP contribution is -2.57. The number of cyclic esters (lactones) is 1. The normalized spacial score (nSPS) is 44.1. The van der Waals surface area contributed by atoms with Gasteiger partial charge >= 0.3 is 5.97 Å². The molecule has 0 radical (unpaired) electrons. The van der Waals surface area contributed by atoms with Crippen molar-refractivity contribution in [1.29, 1.82) is 0 Å². The summed E-state index contributed by atoms with van der Waals surface area (Å²) in [6.07, 6.45) is 1.98. The quantitative estimate of drug-likeness (QED) is 0.637. The molecule has 112 valence electrons. The molecule has 5 nitrogen and oxygen atoms in total. The first kappa shape index (κ1) is 14.0. The summed E-state index contributed by atoms with van der Waals surface area (Å²) in [6, 6.07) is 0. The summed E-state index contributed by atoms with van der Waals surface area (Å²) in [5, 5.41) is 30.4. The molecule has 0 unspecified atom stereocenters. The minimum absolute atomic E-state index is 0.0199. The van der Waals surface area contributed by atoms with Gasteiger partial charge in [-0.15, -0.1) is 0 Å². The number of rotatable bonds is 2. The van der Waals surface area contributed by atoms with E-state index in [2.05, 4.69) is 0 Å². The van der Waals surface area contributed by atoms with Crippen molar-refractivity contribution in [1.82, 2.24) is 0 Å². The Kier molecular flexibility index (Phi) is 3.19. The summed E-state index contributed by atoms with van der Waals surface area (Å²) in [5.41, 5.74) is 0.365. The van der Waals surface area contributed by atoms with Gasteiger partial charge in [-0.05, 0) is 23.8 Å².